The summed E-state index contributed by atoms with van der Waals surface area (Å²) in [7, 11) is 0. The number of anilines is 2. The molecule has 3 rings (SSSR count). The minimum atomic E-state index is -0.391. The number of ether oxygens (including phenoxy) is 1. The van der Waals surface area contributed by atoms with Gasteiger partial charge in [-0.1, -0.05) is 84.0 Å². The summed E-state index contributed by atoms with van der Waals surface area (Å²) in [5.74, 6) is -0.340. The van der Waals surface area contributed by atoms with Gasteiger partial charge < -0.3 is 15.4 Å². The lowest BCUT2D eigenvalue weighted by molar-refractivity contribution is -0.118. The number of hydrogen-bond acceptors (Lipinski definition) is 4. The number of Topliss-reactive ketones (excluding diaryl/α,β-unsaturated/α-hetero) is 1. The normalized spacial score (nSPS) is 11.6. The first-order chi connectivity index (χ1) is 18.9. The van der Waals surface area contributed by atoms with E-state index in [1.54, 1.807) is 37.3 Å². The summed E-state index contributed by atoms with van der Waals surface area (Å²) in [5.41, 5.74) is 4.39. The molecule has 0 unspecified atom stereocenters. The molecule has 0 aliphatic carbocycles. The molecule has 6 nitrogen and oxygen atoms in total. The lowest BCUT2D eigenvalue weighted by atomic mass is 9.76. The number of amides is 2. The second-order valence-corrected chi connectivity index (χ2v) is 11.5. The Bertz CT molecular complexity index is 1360. The van der Waals surface area contributed by atoms with Crippen LogP contribution in [0.5, 0.6) is 5.75 Å². The molecule has 0 radical (unpaired) electrons. The molecule has 3 aromatic carbocycles. The van der Waals surface area contributed by atoms with Crippen LogP contribution in [-0.2, 0) is 20.4 Å². The Morgan fingerprint density at radius 3 is 2.10 bits per heavy atom. The zero-order valence-corrected chi connectivity index (χ0v) is 24.8. The van der Waals surface area contributed by atoms with E-state index in [1.165, 1.54) is 5.56 Å². The summed E-state index contributed by atoms with van der Waals surface area (Å²) < 4.78 is 6.06. The van der Waals surface area contributed by atoms with Gasteiger partial charge in [-0.25, -0.2) is 0 Å². The van der Waals surface area contributed by atoms with Crippen molar-refractivity contribution in [2.24, 2.45) is 0 Å². The molecule has 0 fully saturated rings. The lowest BCUT2D eigenvalue weighted by Crippen LogP contribution is -2.24. The van der Waals surface area contributed by atoms with Gasteiger partial charge in [0.2, 0.25) is 5.91 Å². The van der Waals surface area contributed by atoms with Crippen LogP contribution < -0.4 is 15.4 Å². The SMILES string of the molecule is CCC(C)(C)c1ccc(OCC(=O)Nc2cccc(C(=O)CC(=O)Nc3ccccc3)c2C)c(C(C)(C)CC)c1. The minimum Gasteiger partial charge on any atom is -0.483 e. The van der Waals surface area contributed by atoms with E-state index in [4.69, 9.17) is 4.74 Å². The molecular formula is C34H42N2O4. The van der Waals surface area contributed by atoms with E-state index >= 15 is 0 Å². The molecule has 0 saturated carbocycles. The predicted molar refractivity (Wildman–Crippen MR) is 162 cm³/mol. The number of carbonyl (C=O) groups is 3. The standard InChI is InChI=1S/C34H42N2O4/c1-8-33(4,5)24-18-19-30(27(20-24)34(6,7)9-2)40-22-32(39)36-28-17-13-16-26(23(28)3)29(37)21-31(38)35-25-14-11-10-12-15-25/h10-20H,8-9,21-22H2,1-7H3,(H,35,38)(H,36,39). The van der Waals surface area contributed by atoms with Crippen LogP contribution in [-0.4, -0.2) is 24.2 Å². The van der Waals surface area contributed by atoms with E-state index < -0.39 is 5.91 Å². The third kappa shape index (κ3) is 7.59. The molecule has 0 atom stereocenters. The van der Waals surface area contributed by atoms with Crippen LogP contribution in [0.25, 0.3) is 0 Å². The Kier molecular flexibility index (Phi) is 9.91. The molecule has 3 aromatic rings. The Hall–Kier alpha value is -3.93. The van der Waals surface area contributed by atoms with Crippen LogP contribution >= 0.6 is 0 Å². The van der Waals surface area contributed by atoms with Gasteiger partial charge in [-0.2, -0.15) is 0 Å². The Balaban J connectivity index is 1.70. The van der Waals surface area contributed by atoms with E-state index in [1.807, 2.05) is 24.3 Å². The molecule has 0 saturated heterocycles. The van der Waals surface area contributed by atoms with E-state index in [0.29, 0.717) is 28.3 Å². The number of benzene rings is 3. The number of para-hydroxylation sites is 1. The maximum absolute atomic E-state index is 12.9. The van der Waals surface area contributed by atoms with Gasteiger partial charge in [0, 0.05) is 22.5 Å². The second-order valence-electron chi connectivity index (χ2n) is 11.5. The highest BCUT2D eigenvalue weighted by Crippen LogP contribution is 2.38. The molecule has 0 aromatic heterocycles. The van der Waals surface area contributed by atoms with Crippen molar-refractivity contribution in [3.8, 4) is 5.75 Å². The zero-order chi connectivity index (χ0) is 29.5. The summed E-state index contributed by atoms with van der Waals surface area (Å²) in [6, 6.07) is 20.4. The monoisotopic (exact) mass is 542 g/mol. The van der Waals surface area contributed by atoms with E-state index in [0.717, 1.165) is 18.4 Å². The maximum atomic E-state index is 12.9. The third-order valence-electron chi connectivity index (χ3n) is 7.90. The van der Waals surface area contributed by atoms with Crippen LogP contribution in [0.3, 0.4) is 0 Å². The molecule has 0 bridgehead atoms. The number of nitrogens with one attached hydrogen (secondary N) is 2. The summed E-state index contributed by atoms with van der Waals surface area (Å²) in [4.78, 5) is 38.2. The summed E-state index contributed by atoms with van der Waals surface area (Å²) in [6.07, 6.45) is 1.65. The Labute approximate surface area is 238 Å². The minimum absolute atomic E-state index is 0.0384. The maximum Gasteiger partial charge on any atom is 0.262 e. The molecular weight excluding hydrogens is 500 g/mol. The van der Waals surface area contributed by atoms with Gasteiger partial charge in [-0.3, -0.25) is 14.4 Å². The summed E-state index contributed by atoms with van der Waals surface area (Å²) in [5, 5.41) is 5.60. The predicted octanol–water partition coefficient (Wildman–Crippen LogP) is 7.60. The fourth-order valence-electron chi connectivity index (χ4n) is 4.37. The van der Waals surface area contributed by atoms with Gasteiger partial charge in [0.1, 0.15) is 5.75 Å². The molecule has 0 spiro atoms. The molecule has 2 amide bonds. The van der Waals surface area contributed by atoms with E-state index in [-0.39, 0.29) is 35.5 Å². The van der Waals surface area contributed by atoms with Crippen molar-refractivity contribution in [3.05, 3.63) is 89.0 Å². The average molecular weight is 543 g/mol. The zero-order valence-electron chi connectivity index (χ0n) is 24.8. The molecule has 0 aliphatic rings. The molecule has 0 heterocycles. The fourth-order valence-corrected chi connectivity index (χ4v) is 4.37. The largest absolute Gasteiger partial charge is 0.483 e. The highest BCUT2D eigenvalue weighted by Gasteiger charge is 2.27. The quantitative estimate of drug-likeness (QED) is 0.182. The molecule has 40 heavy (non-hydrogen) atoms. The molecule has 6 heteroatoms. The molecule has 212 valence electrons. The lowest BCUT2D eigenvalue weighted by Gasteiger charge is -2.30. The third-order valence-corrected chi connectivity index (χ3v) is 7.90. The number of carbonyl (C=O) groups excluding carboxylic acids is 3. The van der Waals surface area contributed by atoms with E-state index in [2.05, 4.69) is 64.3 Å². The van der Waals surface area contributed by atoms with Crippen LogP contribution in [0.4, 0.5) is 11.4 Å². The average Bonchev–Trinajstić information content (AvgIpc) is 2.93. The summed E-state index contributed by atoms with van der Waals surface area (Å²) >= 11 is 0. The molecule has 2 N–H and O–H groups in total. The topological polar surface area (TPSA) is 84.5 Å². The number of ketones is 1. The Morgan fingerprint density at radius 1 is 0.775 bits per heavy atom. The van der Waals surface area contributed by atoms with Gasteiger partial charge in [0.15, 0.2) is 12.4 Å². The smallest absolute Gasteiger partial charge is 0.262 e. The first-order valence-electron chi connectivity index (χ1n) is 13.9. The number of hydrogen-bond donors (Lipinski definition) is 2. The first-order valence-corrected chi connectivity index (χ1v) is 13.9. The van der Waals surface area contributed by atoms with Gasteiger partial charge in [-0.05, 0) is 66.0 Å². The van der Waals surface area contributed by atoms with Gasteiger partial charge in [-0.15, -0.1) is 0 Å². The van der Waals surface area contributed by atoms with Gasteiger partial charge in [0.25, 0.3) is 5.91 Å². The van der Waals surface area contributed by atoms with Crippen molar-refractivity contribution in [1.29, 1.82) is 0 Å². The highest BCUT2D eigenvalue weighted by molar-refractivity contribution is 6.12. The van der Waals surface area contributed by atoms with Crippen molar-refractivity contribution in [3.63, 3.8) is 0 Å². The van der Waals surface area contributed by atoms with Crippen molar-refractivity contribution >= 4 is 29.0 Å². The van der Waals surface area contributed by atoms with Crippen molar-refractivity contribution < 1.29 is 19.1 Å². The second kappa shape index (κ2) is 12.9. The summed E-state index contributed by atoms with van der Waals surface area (Å²) in [6.45, 7) is 14.8. The first kappa shape index (κ1) is 30.6. The van der Waals surface area contributed by atoms with Crippen LogP contribution in [0.1, 0.15) is 87.9 Å². The van der Waals surface area contributed by atoms with Crippen molar-refractivity contribution in [1.82, 2.24) is 0 Å². The fraction of sp³-hybridized carbons (Fsp3) is 0.382. The van der Waals surface area contributed by atoms with Gasteiger partial charge in [0.05, 0.1) is 6.42 Å². The molecule has 0 aliphatic heterocycles. The van der Waals surface area contributed by atoms with Crippen molar-refractivity contribution in [2.75, 3.05) is 17.2 Å². The van der Waals surface area contributed by atoms with Crippen molar-refractivity contribution in [2.45, 2.75) is 78.6 Å². The highest BCUT2D eigenvalue weighted by atomic mass is 16.5. The van der Waals surface area contributed by atoms with Crippen LogP contribution in [0.2, 0.25) is 0 Å². The van der Waals surface area contributed by atoms with Gasteiger partial charge >= 0.3 is 0 Å². The Morgan fingerprint density at radius 2 is 1.45 bits per heavy atom. The van der Waals surface area contributed by atoms with Crippen LogP contribution in [0, 0.1) is 6.92 Å². The van der Waals surface area contributed by atoms with Crippen LogP contribution in [0.15, 0.2) is 66.7 Å². The number of rotatable bonds is 12. The van der Waals surface area contributed by atoms with E-state index in [9.17, 15) is 14.4 Å².